The molecule has 1 aliphatic heterocycles. The summed E-state index contributed by atoms with van der Waals surface area (Å²) in [5.74, 6) is -1.13. The number of likely N-dealkylation sites (N-methyl/N-ethyl adjacent to an activating group) is 1. The molecule has 3 N–H and O–H groups in total. The first-order valence-corrected chi connectivity index (χ1v) is 15.7. The van der Waals surface area contributed by atoms with Gasteiger partial charge in [0.05, 0.1) is 6.04 Å². The number of benzene rings is 2. The van der Waals surface area contributed by atoms with E-state index in [2.05, 4.69) is 16.7 Å². The number of aromatic hydroxyl groups is 1. The molecule has 244 valence electrons. The lowest BCUT2D eigenvalue weighted by molar-refractivity contribution is -0.147. The SMILES string of the molecule is C[C@@H](C(=O)NC(C(=O)N1Cc2cc(O)ccc2C[C@H]1C(=O)N[C@@H]1CCCc2ccccc21)C(C)(C)C)N(C)C(=O)OC(C)(C)C. The minimum Gasteiger partial charge on any atom is -0.508 e. The quantitative estimate of drug-likeness (QED) is 0.432. The molecule has 2 aliphatic rings. The third-order valence-electron chi connectivity index (χ3n) is 8.63. The highest BCUT2D eigenvalue weighted by Gasteiger charge is 2.43. The van der Waals surface area contributed by atoms with E-state index in [1.54, 1.807) is 45.9 Å². The van der Waals surface area contributed by atoms with Gasteiger partial charge in [0, 0.05) is 20.0 Å². The van der Waals surface area contributed by atoms with E-state index in [1.807, 2.05) is 39.0 Å². The van der Waals surface area contributed by atoms with Crippen molar-refractivity contribution < 1.29 is 29.0 Å². The molecule has 0 saturated carbocycles. The number of nitrogens with zero attached hydrogens (tertiary/aromatic N) is 2. The third-order valence-corrected chi connectivity index (χ3v) is 8.63. The molecule has 0 saturated heterocycles. The Hall–Kier alpha value is -4.08. The predicted octanol–water partition coefficient (Wildman–Crippen LogP) is 4.63. The van der Waals surface area contributed by atoms with Gasteiger partial charge in [0.25, 0.3) is 0 Å². The first-order chi connectivity index (χ1) is 21.0. The number of carbonyl (C=O) groups is 4. The summed E-state index contributed by atoms with van der Waals surface area (Å²) in [5.41, 5.74) is 2.46. The highest BCUT2D eigenvalue weighted by atomic mass is 16.6. The van der Waals surface area contributed by atoms with E-state index in [1.165, 1.54) is 22.4 Å². The summed E-state index contributed by atoms with van der Waals surface area (Å²) in [6, 6.07) is 10.2. The van der Waals surface area contributed by atoms with Gasteiger partial charge in [-0.3, -0.25) is 19.3 Å². The molecule has 0 fully saturated rings. The second-order valence-electron chi connectivity index (χ2n) is 14.4. The van der Waals surface area contributed by atoms with Crippen molar-refractivity contribution >= 4 is 23.8 Å². The Balaban J connectivity index is 1.61. The molecule has 4 atom stereocenters. The van der Waals surface area contributed by atoms with Crippen molar-refractivity contribution in [3.8, 4) is 5.75 Å². The number of amides is 4. The highest BCUT2D eigenvalue weighted by Crippen LogP contribution is 2.33. The standard InChI is InChI=1S/C35H48N4O6/c1-21(38(8)33(44)45-35(5,6)7)30(41)37-29(34(2,3)4)32(43)39-20-24-18-25(40)17-16-23(24)19-28(39)31(42)36-27-15-11-13-22-12-9-10-14-26(22)27/h9-10,12,14,16-18,21,27-29,40H,11,13,15,19-20H2,1-8H3,(H,36,42)(H,37,41)/t21-,27+,28-,29?/m0/s1. The van der Waals surface area contributed by atoms with Gasteiger partial charge >= 0.3 is 6.09 Å². The number of rotatable bonds is 6. The van der Waals surface area contributed by atoms with Gasteiger partial charge < -0.3 is 25.4 Å². The van der Waals surface area contributed by atoms with E-state index in [0.717, 1.165) is 36.0 Å². The molecule has 45 heavy (non-hydrogen) atoms. The van der Waals surface area contributed by atoms with Crippen LogP contribution in [0.1, 0.15) is 89.6 Å². The summed E-state index contributed by atoms with van der Waals surface area (Å²) >= 11 is 0. The van der Waals surface area contributed by atoms with Crippen LogP contribution in [0, 0.1) is 5.41 Å². The normalized spacial score (nSPS) is 19.3. The molecule has 4 rings (SSSR count). The molecule has 10 nitrogen and oxygen atoms in total. The fourth-order valence-corrected chi connectivity index (χ4v) is 5.95. The lowest BCUT2D eigenvalue weighted by atomic mass is 9.83. The summed E-state index contributed by atoms with van der Waals surface area (Å²) in [4.78, 5) is 57.4. The number of phenolic OH excluding ortho intramolecular Hbond substituents is 1. The average molecular weight is 621 g/mol. The zero-order valence-corrected chi connectivity index (χ0v) is 27.8. The van der Waals surface area contributed by atoms with Crippen LogP contribution in [-0.4, -0.2) is 69.5 Å². The predicted molar refractivity (Wildman–Crippen MR) is 171 cm³/mol. The molecule has 0 radical (unpaired) electrons. The van der Waals surface area contributed by atoms with Gasteiger partial charge in [0.2, 0.25) is 17.7 Å². The fraction of sp³-hybridized carbons (Fsp3) is 0.543. The largest absolute Gasteiger partial charge is 0.508 e. The molecule has 0 aromatic heterocycles. The summed E-state index contributed by atoms with van der Waals surface area (Å²) < 4.78 is 5.42. The molecule has 1 heterocycles. The van der Waals surface area contributed by atoms with Crippen LogP contribution in [0.2, 0.25) is 0 Å². The monoisotopic (exact) mass is 620 g/mol. The first kappa shape index (κ1) is 33.8. The number of aryl methyl sites for hydroxylation is 1. The lowest BCUT2D eigenvalue weighted by Gasteiger charge is -2.42. The Bertz CT molecular complexity index is 1440. The zero-order chi connectivity index (χ0) is 33.3. The van der Waals surface area contributed by atoms with E-state index >= 15 is 0 Å². The Morgan fingerprint density at radius 1 is 1.00 bits per heavy atom. The van der Waals surface area contributed by atoms with Gasteiger partial charge in [0.1, 0.15) is 29.5 Å². The molecule has 10 heteroatoms. The van der Waals surface area contributed by atoms with Crippen molar-refractivity contribution in [1.29, 1.82) is 0 Å². The summed E-state index contributed by atoms with van der Waals surface area (Å²) in [7, 11) is 1.48. The maximum atomic E-state index is 14.5. The van der Waals surface area contributed by atoms with E-state index in [4.69, 9.17) is 4.74 Å². The smallest absolute Gasteiger partial charge is 0.410 e. The third kappa shape index (κ3) is 7.96. The number of phenols is 1. The van der Waals surface area contributed by atoms with Crippen molar-refractivity contribution in [3.05, 3.63) is 64.7 Å². The second kappa shape index (κ2) is 13.1. The average Bonchev–Trinajstić information content (AvgIpc) is 2.96. The molecule has 2 aromatic carbocycles. The van der Waals surface area contributed by atoms with Gasteiger partial charge in [-0.2, -0.15) is 0 Å². The van der Waals surface area contributed by atoms with Crippen molar-refractivity contribution in [2.75, 3.05) is 7.05 Å². The minimum atomic E-state index is -1.01. The minimum absolute atomic E-state index is 0.0718. The highest BCUT2D eigenvalue weighted by molar-refractivity contribution is 5.94. The zero-order valence-electron chi connectivity index (χ0n) is 27.8. The number of ether oxygens (including phenoxy) is 1. The topological polar surface area (TPSA) is 128 Å². The van der Waals surface area contributed by atoms with Crippen LogP contribution in [0.15, 0.2) is 42.5 Å². The van der Waals surface area contributed by atoms with Crippen LogP contribution in [0.3, 0.4) is 0 Å². The summed E-state index contributed by atoms with van der Waals surface area (Å²) in [5, 5.41) is 16.3. The molecular formula is C35H48N4O6. The number of nitrogens with one attached hydrogen (secondary N) is 2. The van der Waals surface area contributed by atoms with Gasteiger partial charge in [-0.05, 0) is 86.8 Å². The van der Waals surface area contributed by atoms with Crippen LogP contribution >= 0.6 is 0 Å². The second-order valence-corrected chi connectivity index (χ2v) is 14.4. The van der Waals surface area contributed by atoms with E-state index in [-0.39, 0.29) is 30.7 Å². The molecule has 1 aliphatic carbocycles. The maximum Gasteiger partial charge on any atom is 0.410 e. The van der Waals surface area contributed by atoms with Crippen molar-refractivity contribution in [3.63, 3.8) is 0 Å². The van der Waals surface area contributed by atoms with Crippen LogP contribution in [0.5, 0.6) is 5.75 Å². The Morgan fingerprint density at radius 3 is 2.36 bits per heavy atom. The van der Waals surface area contributed by atoms with E-state index in [9.17, 15) is 24.3 Å². The van der Waals surface area contributed by atoms with Crippen LogP contribution in [-0.2, 0) is 38.5 Å². The van der Waals surface area contributed by atoms with Crippen LogP contribution in [0.4, 0.5) is 4.79 Å². The lowest BCUT2D eigenvalue weighted by Crippen LogP contribution is -2.62. The maximum absolute atomic E-state index is 14.5. The van der Waals surface area contributed by atoms with Gasteiger partial charge in [0.15, 0.2) is 0 Å². The Labute approximate surface area is 266 Å². The first-order valence-electron chi connectivity index (χ1n) is 15.7. The van der Waals surface area contributed by atoms with Gasteiger partial charge in [-0.1, -0.05) is 51.1 Å². The van der Waals surface area contributed by atoms with E-state index < -0.39 is 47.0 Å². The van der Waals surface area contributed by atoms with Gasteiger partial charge in [-0.25, -0.2) is 4.79 Å². The van der Waals surface area contributed by atoms with Crippen LogP contribution in [0.25, 0.3) is 0 Å². The van der Waals surface area contributed by atoms with Crippen LogP contribution < -0.4 is 10.6 Å². The Morgan fingerprint density at radius 2 is 1.69 bits per heavy atom. The Kier molecular flexibility index (Phi) is 9.85. The van der Waals surface area contributed by atoms with Crippen molar-refractivity contribution in [1.82, 2.24) is 20.4 Å². The molecule has 4 amide bonds. The summed E-state index contributed by atoms with van der Waals surface area (Å²) in [6.45, 7) is 12.4. The number of hydrogen-bond acceptors (Lipinski definition) is 6. The van der Waals surface area contributed by atoms with Crippen molar-refractivity contribution in [2.45, 2.75) is 110 Å². The number of hydrogen-bond donors (Lipinski definition) is 3. The fourth-order valence-electron chi connectivity index (χ4n) is 5.95. The molecule has 2 aromatic rings. The number of carbonyl (C=O) groups excluding carboxylic acids is 4. The summed E-state index contributed by atoms with van der Waals surface area (Å²) in [6.07, 6.45) is 2.33. The van der Waals surface area contributed by atoms with Gasteiger partial charge in [-0.15, -0.1) is 0 Å². The molecule has 1 unspecified atom stereocenters. The number of fused-ring (bicyclic) bond motifs is 2. The molecule has 0 bridgehead atoms. The van der Waals surface area contributed by atoms with Crippen molar-refractivity contribution in [2.24, 2.45) is 5.41 Å². The molecule has 0 spiro atoms. The molecular weight excluding hydrogens is 572 g/mol. The van der Waals surface area contributed by atoms with E-state index in [0.29, 0.717) is 0 Å².